The standard InChI is InChI=1S/C15H20N6O2/c1-2-23-14-9-12(18-20-14)15(22)16-10-11-5-4-8-21(11)13-6-3-7-17-19-13/h3,6-7,9,11H,2,4-5,8,10H2,1H3,(H,16,22)(H,18,20). The molecule has 0 aromatic carbocycles. The number of carbonyl (C=O) groups excluding carboxylic acids is 1. The van der Waals surface area contributed by atoms with Crippen LogP contribution in [0.2, 0.25) is 0 Å². The van der Waals surface area contributed by atoms with E-state index in [1.807, 2.05) is 19.1 Å². The van der Waals surface area contributed by atoms with Crippen molar-refractivity contribution in [2.24, 2.45) is 0 Å². The summed E-state index contributed by atoms with van der Waals surface area (Å²) in [5.74, 6) is 1.10. The third-order valence-electron chi connectivity index (χ3n) is 3.82. The Labute approximate surface area is 134 Å². The van der Waals surface area contributed by atoms with Gasteiger partial charge < -0.3 is 15.0 Å². The minimum Gasteiger partial charge on any atom is -0.477 e. The lowest BCUT2D eigenvalue weighted by Gasteiger charge is -2.25. The predicted octanol–water partition coefficient (Wildman–Crippen LogP) is 0.997. The van der Waals surface area contributed by atoms with Gasteiger partial charge in [0, 0.05) is 31.4 Å². The van der Waals surface area contributed by atoms with Gasteiger partial charge in [0.25, 0.3) is 5.91 Å². The molecule has 1 atom stereocenters. The van der Waals surface area contributed by atoms with E-state index in [-0.39, 0.29) is 11.9 Å². The van der Waals surface area contributed by atoms with Crippen molar-refractivity contribution in [3.8, 4) is 5.88 Å². The smallest absolute Gasteiger partial charge is 0.269 e. The number of nitrogens with zero attached hydrogens (tertiary/aromatic N) is 4. The van der Waals surface area contributed by atoms with Crippen molar-refractivity contribution in [3.05, 3.63) is 30.1 Å². The number of aromatic amines is 1. The fourth-order valence-corrected chi connectivity index (χ4v) is 2.74. The van der Waals surface area contributed by atoms with Crippen molar-refractivity contribution in [2.45, 2.75) is 25.8 Å². The van der Waals surface area contributed by atoms with Gasteiger partial charge in [-0.1, -0.05) is 0 Å². The first-order valence-corrected chi connectivity index (χ1v) is 7.78. The number of aromatic nitrogens is 4. The quantitative estimate of drug-likeness (QED) is 0.825. The largest absolute Gasteiger partial charge is 0.477 e. The van der Waals surface area contributed by atoms with Gasteiger partial charge >= 0.3 is 0 Å². The molecule has 0 spiro atoms. The highest BCUT2D eigenvalue weighted by Gasteiger charge is 2.26. The van der Waals surface area contributed by atoms with E-state index in [0.717, 1.165) is 25.2 Å². The van der Waals surface area contributed by atoms with Gasteiger partial charge in [-0.3, -0.25) is 9.89 Å². The second-order valence-corrected chi connectivity index (χ2v) is 5.33. The van der Waals surface area contributed by atoms with Gasteiger partial charge in [-0.25, -0.2) is 0 Å². The van der Waals surface area contributed by atoms with Crippen LogP contribution in [0.5, 0.6) is 5.88 Å². The molecule has 1 saturated heterocycles. The average molecular weight is 316 g/mol. The molecular formula is C15H20N6O2. The minimum atomic E-state index is -0.186. The summed E-state index contributed by atoms with van der Waals surface area (Å²) in [5, 5.41) is 17.6. The van der Waals surface area contributed by atoms with Crippen LogP contribution < -0.4 is 15.0 Å². The Kier molecular flexibility index (Phi) is 4.70. The summed E-state index contributed by atoms with van der Waals surface area (Å²) >= 11 is 0. The Morgan fingerprint density at radius 2 is 2.48 bits per heavy atom. The van der Waals surface area contributed by atoms with E-state index in [1.165, 1.54) is 0 Å². The van der Waals surface area contributed by atoms with Gasteiger partial charge in [-0.05, 0) is 31.9 Å². The molecule has 0 aliphatic carbocycles. The fraction of sp³-hybridized carbons (Fsp3) is 0.467. The van der Waals surface area contributed by atoms with Crippen LogP contribution in [0.3, 0.4) is 0 Å². The first-order valence-electron chi connectivity index (χ1n) is 7.78. The molecule has 1 fully saturated rings. The number of ether oxygens (including phenoxy) is 1. The number of rotatable bonds is 6. The van der Waals surface area contributed by atoms with Crippen molar-refractivity contribution in [1.82, 2.24) is 25.7 Å². The maximum Gasteiger partial charge on any atom is 0.269 e. The van der Waals surface area contributed by atoms with Gasteiger partial charge in [0.05, 0.1) is 6.61 Å². The maximum atomic E-state index is 12.2. The summed E-state index contributed by atoms with van der Waals surface area (Å²) in [5.41, 5.74) is 0.400. The third kappa shape index (κ3) is 3.58. The first-order chi connectivity index (χ1) is 11.3. The lowest BCUT2D eigenvalue weighted by Crippen LogP contribution is -2.40. The molecule has 2 N–H and O–H groups in total. The Bertz CT molecular complexity index is 644. The van der Waals surface area contributed by atoms with Gasteiger partial charge in [0.1, 0.15) is 5.69 Å². The van der Waals surface area contributed by atoms with Crippen LogP contribution >= 0.6 is 0 Å². The molecule has 1 aliphatic heterocycles. The first kappa shape index (κ1) is 15.3. The molecular weight excluding hydrogens is 296 g/mol. The Hall–Kier alpha value is -2.64. The number of hydrogen-bond donors (Lipinski definition) is 2. The van der Waals surface area contributed by atoms with E-state index < -0.39 is 0 Å². The SMILES string of the molecule is CCOc1cc(C(=O)NCC2CCCN2c2cccnn2)[nH]n1. The number of anilines is 1. The van der Waals surface area contributed by atoms with E-state index in [2.05, 4.69) is 30.6 Å². The third-order valence-corrected chi connectivity index (χ3v) is 3.82. The predicted molar refractivity (Wildman–Crippen MR) is 84.5 cm³/mol. The van der Waals surface area contributed by atoms with Crippen LogP contribution in [-0.4, -0.2) is 52.0 Å². The van der Waals surface area contributed by atoms with Crippen LogP contribution in [0.25, 0.3) is 0 Å². The molecule has 23 heavy (non-hydrogen) atoms. The summed E-state index contributed by atoms with van der Waals surface area (Å²) in [6, 6.07) is 5.64. The fourth-order valence-electron chi connectivity index (χ4n) is 2.74. The highest BCUT2D eigenvalue weighted by atomic mass is 16.5. The molecule has 0 bridgehead atoms. The number of nitrogens with one attached hydrogen (secondary N) is 2. The number of carbonyl (C=O) groups is 1. The molecule has 3 heterocycles. The van der Waals surface area contributed by atoms with Crippen LogP contribution in [0, 0.1) is 0 Å². The van der Waals surface area contributed by atoms with E-state index in [9.17, 15) is 4.79 Å². The lowest BCUT2D eigenvalue weighted by molar-refractivity contribution is 0.0946. The molecule has 122 valence electrons. The highest BCUT2D eigenvalue weighted by molar-refractivity contribution is 5.92. The van der Waals surface area contributed by atoms with E-state index in [1.54, 1.807) is 12.3 Å². The summed E-state index contributed by atoms with van der Waals surface area (Å²) in [4.78, 5) is 14.4. The Balaban J connectivity index is 1.57. The summed E-state index contributed by atoms with van der Waals surface area (Å²) in [6.45, 7) is 3.87. The highest BCUT2D eigenvalue weighted by Crippen LogP contribution is 2.22. The molecule has 1 aliphatic rings. The van der Waals surface area contributed by atoms with Crippen molar-refractivity contribution in [1.29, 1.82) is 0 Å². The molecule has 2 aromatic heterocycles. The molecule has 8 heteroatoms. The molecule has 8 nitrogen and oxygen atoms in total. The second kappa shape index (κ2) is 7.08. The van der Waals surface area contributed by atoms with Crippen molar-refractivity contribution in [3.63, 3.8) is 0 Å². The zero-order chi connectivity index (χ0) is 16.1. The average Bonchev–Trinajstić information content (AvgIpc) is 3.23. The zero-order valence-corrected chi connectivity index (χ0v) is 13.0. The van der Waals surface area contributed by atoms with E-state index >= 15 is 0 Å². The number of amides is 1. The molecule has 1 unspecified atom stereocenters. The molecule has 0 saturated carbocycles. The molecule has 2 aromatic rings. The molecule has 0 radical (unpaired) electrons. The van der Waals surface area contributed by atoms with E-state index in [4.69, 9.17) is 4.74 Å². The van der Waals surface area contributed by atoms with Crippen molar-refractivity contribution < 1.29 is 9.53 Å². The summed E-state index contributed by atoms with van der Waals surface area (Å²) in [6.07, 6.45) is 3.75. The Morgan fingerprint density at radius 3 is 3.26 bits per heavy atom. The van der Waals surface area contributed by atoms with Gasteiger partial charge in [0.2, 0.25) is 5.88 Å². The monoisotopic (exact) mass is 316 g/mol. The van der Waals surface area contributed by atoms with Crippen LogP contribution in [0.15, 0.2) is 24.4 Å². The number of H-pyrrole nitrogens is 1. The maximum absolute atomic E-state index is 12.2. The van der Waals surface area contributed by atoms with Gasteiger partial charge in [0.15, 0.2) is 5.82 Å². The van der Waals surface area contributed by atoms with Gasteiger partial charge in [-0.15, -0.1) is 10.2 Å². The molecule has 3 rings (SSSR count). The lowest BCUT2D eigenvalue weighted by atomic mass is 10.2. The van der Waals surface area contributed by atoms with Crippen molar-refractivity contribution in [2.75, 3.05) is 24.6 Å². The molecule has 1 amide bonds. The topological polar surface area (TPSA) is 96.0 Å². The minimum absolute atomic E-state index is 0.186. The van der Waals surface area contributed by atoms with Crippen molar-refractivity contribution >= 4 is 11.7 Å². The van der Waals surface area contributed by atoms with Gasteiger partial charge in [-0.2, -0.15) is 5.10 Å². The van der Waals surface area contributed by atoms with Crippen LogP contribution in [0.4, 0.5) is 5.82 Å². The Morgan fingerprint density at radius 1 is 1.57 bits per heavy atom. The second-order valence-electron chi connectivity index (χ2n) is 5.33. The summed E-state index contributed by atoms with van der Waals surface area (Å²) < 4.78 is 5.24. The zero-order valence-electron chi connectivity index (χ0n) is 13.0. The van der Waals surface area contributed by atoms with E-state index in [0.29, 0.717) is 24.7 Å². The summed E-state index contributed by atoms with van der Waals surface area (Å²) in [7, 11) is 0. The normalized spacial score (nSPS) is 17.3. The van der Waals surface area contributed by atoms with Crippen LogP contribution in [-0.2, 0) is 0 Å². The number of hydrogen-bond acceptors (Lipinski definition) is 6. The van der Waals surface area contributed by atoms with Crippen LogP contribution in [0.1, 0.15) is 30.3 Å².